The van der Waals surface area contributed by atoms with Gasteiger partial charge in [-0.1, -0.05) is 12.5 Å². The smallest absolute Gasteiger partial charge is 0.275 e. The highest BCUT2D eigenvalue weighted by Crippen LogP contribution is 2.25. The standard InChI is InChI=1S/C23H25FN4O3S/c1-26-17-21(32(30,31)27-13-5-2-6-14-27)15-22(26)23(29)28(16-19-7-3-4-12-25-19)20-10-8-18(24)9-11-20/h3-4,7-12,15,17H,2,5-6,13-14,16H2,1H3. The molecule has 1 fully saturated rings. The molecule has 1 aliphatic heterocycles. The zero-order chi connectivity index (χ0) is 22.7. The van der Waals surface area contributed by atoms with E-state index in [0.29, 0.717) is 24.5 Å². The second-order valence-electron chi connectivity index (χ2n) is 7.83. The van der Waals surface area contributed by atoms with Crippen molar-refractivity contribution in [3.63, 3.8) is 0 Å². The van der Waals surface area contributed by atoms with Crippen molar-refractivity contribution in [2.24, 2.45) is 7.05 Å². The van der Waals surface area contributed by atoms with Gasteiger partial charge in [0.05, 0.1) is 12.2 Å². The van der Waals surface area contributed by atoms with Crippen LogP contribution >= 0.6 is 0 Å². The molecule has 32 heavy (non-hydrogen) atoms. The molecule has 0 spiro atoms. The van der Waals surface area contributed by atoms with Gasteiger partial charge in [-0.15, -0.1) is 0 Å². The van der Waals surface area contributed by atoms with E-state index in [2.05, 4.69) is 4.98 Å². The van der Waals surface area contributed by atoms with Crippen LogP contribution in [0.1, 0.15) is 35.4 Å². The fraction of sp³-hybridized carbons (Fsp3) is 0.304. The molecular weight excluding hydrogens is 431 g/mol. The summed E-state index contributed by atoms with van der Waals surface area (Å²) in [6.45, 7) is 1.13. The SMILES string of the molecule is Cn1cc(S(=O)(=O)N2CCCCC2)cc1C(=O)N(Cc1ccccn1)c1ccc(F)cc1. The van der Waals surface area contributed by atoms with Crippen molar-refractivity contribution < 1.29 is 17.6 Å². The Kier molecular flexibility index (Phi) is 6.38. The van der Waals surface area contributed by atoms with Gasteiger partial charge in [-0.2, -0.15) is 4.31 Å². The van der Waals surface area contributed by atoms with E-state index in [-0.39, 0.29) is 17.1 Å². The predicted octanol–water partition coefficient (Wildman–Crippen LogP) is 3.58. The number of amides is 1. The molecule has 1 aromatic carbocycles. The normalized spacial score (nSPS) is 14.9. The number of carbonyl (C=O) groups excluding carboxylic acids is 1. The average molecular weight is 457 g/mol. The zero-order valence-electron chi connectivity index (χ0n) is 17.8. The summed E-state index contributed by atoms with van der Waals surface area (Å²) in [5, 5.41) is 0. The molecule has 0 atom stereocenters. The first kappa shape index (κ1) is 22.2. The molecule has 0 unspecified atom stereocenters. The van der Waals surface area contributed by atoms with Crippen molar-refractivity contribution in [3.05, 3.63) is 78.1 Å². The number of pyridine rings is 1. The van der Waals surface area contributed by atoms with Gasteiger partial charge >= 0.3 is 0 Å². The molecule has 168 valence electrons. The van der Waals surface area contributed by atoms with E-state index in [9.17, 15) is 17.6 Å². The van der Waals surface area contributed by atoms with Crippen molar-refractivity contribution >= 4 is 21.6 Å². The Labute approximate surface area is 187 Å². The van der Waals surface area contributed by atoms with Gasteiger partial charge in [-0.25, -0.2) is 12.8 Å². The fourth-order valence-electron chi connectivity index (χ4n) is 3.84. The Morgan fingerprint density at radius 2 is 1.81 bits per heavy atom. The zero-order valence-corrected chi connectivity index (χ0v) is 18.6. The van der Waals surface area contributed by atoms with E-state index in [0.717, 1.165) is 19.3 Å². The van der Waals surface area contributed by atoms with Gasteiger partial charge in [0.1, 0.15) is 16.4 Å². The van der Waals surface area contributed by atoms with E-state index in [1.807, 2.05) is 6.07 Å². The molecule has 3 heterocycles. The Hall–Kier alpha value is -3.04. The summed E-state index contributed by atoms with van der Waals surface area (Å²) >= 11 is 0. The van der Waals surface area contributed by atoms with Crippen LogP contribution in [0.4, 0.5) is 10.1 Å². The van der Waals surface area contributed by atoms with Gasteiger partial charge in [0.2, 0.25) is 10.0 Å². The maximum atomic E-state index is 13.5. The predicted molar refractivity (Wildman–Crippen MR) is 119 cm³/mol. The molecule has 1 aliphatic rings. The van der Waals surface area contributed by atoms with Crippen LogP contribution in [-0.2, 0) is 23.6 Å². The maximum absolute atomic E-state index is 13.5. The lowest BCUT2D eigenvalue weighted by Crippen LogP contribution is -2.35. The summed E-state index contributed by atoms with van der Waals surface area (Å²) < 4.78 is 42.6. The van der Waals surface area contributed by atoms with E-state index in [4.69, 9.17) is 0 Å². The molecule has 0 bridgehead atoms. The van der Waals surface area contributed by atoms with E-state index < -0.39 is 21.7 Å². The van der Waals surface area contributed by atoms with Crippen molar-refractivity contribution in [3.8, 4) is 0 Å². The molecule has 3 aromatic rings. The third-order valence-electron chi connectivity index (χ3n) is 5.58. The first-order chi connectivity index (χ1) is 15.4. The lowest BCUT2D eigenvalue weighted by molar-refractivity contribution is 0.0977. The molecule has 2 aromatic heterocycles. The molecular formula is C23H25FN4O3S. The Morgan fingerprint density at radius 3 is 2.47 bits per heavy atom. The topological polar surface area (TPSA) is 75.5 Å². The Bertz CT molecular complexity index is 1190. The molecule has 1 amide bonds. The summed E-state index contributed by atoms with van der Waals surface area (Å²) in [7, 11) is -2.03. The summed E-state index contributed by atoms with van der Waals surface area (Å²) in [5.74, 6) is -0.808. The van der Waals surface area contributed by atoms with Crippen LogP contribution in [0.25, 0.3) is 0 Å². The number of hydrogen-bond donors (Lipinski definition) is 0. The van der Waals surface area contributed by atoms with Crippen LogP contribution in [0.15, 0.2) is 65.8 Å². The minimum absolute atomic E-state index is 0.0992. The minimum Gasteiger partial charge on any atom is -0.345 e. The van der Waals surface area contributed by atoms with Crippen molar-refractivity contribution in [1.29, 1.82) is 0 Å². The number of nitrogens with zero attached hydrogens (tertiary/aromatic N) is 4. The van der Waals surface area contributed by atoms with Crippen LogP contribution in [0.5, 0.6) is 0 Å². The largest absolute Gasteiger partial charge is 0.345 e. The fourth-order valence-corrected chi connectivity index (χ4v) is 5.42. The number of benzene rings is 1. The van der Waals surface area contributed by atoms with Crippen molar-refractivity contribution in [1.82, 2.24) is 13.9 Å². The summed E-state index contributed by atoms with van der Waals surface area (Å²) in [6, 6.07) is 12.4. The average Bonchev–Trinajstić information content (AvgIpc) is 3.21. The quantitative estimate of drug-likeness (QED) is 0.568. The number of halogens is 1. The molecule has 0 aliphatic carbocycles. The number of rotatable bonds is 6. The number of carbonyl (C=O) groups is 1. The lowest BCUT2D eigenvalue weighted by Gasteiger charge is -2.25. The monoisotopic (exact) mass is 456 g/mol. The van der Waals surface area contributed by atoms with E-state index >= 15 is 0 Å². The van der Waals surface area contributed by atoms with Crippen LogP contribution in [0.2, 0.25) is 0 Å². The number of hydrogen-bond acceptors (Lipinski definition) is 4. The number of aryl methyl sites for hydroxylation is 1. The van der Waals surface area contributed by atoms with Gasteiger partial charge in [0.15, 0.2) is 0 Å². The van der Waals surface area contributed by atoms with Crippen molar-refractivity contribution in [2.45, 2.75) is 30.7 Å². The Balaban J connectivity index is 1.68. The first-order valence-electron chi connectivity index (χ1n) is 10.5. The van der Waals surface area contributed by atoms with E-state index in [1.54, 1.807) is 25.4 Å². The van der Waals surface area contributed by atoms with Crippen molar-refractivity contribution in [2.75, 3.05) is 18.0 Å². The number of aromatic nitrogens is 2. The van der Waals surface area contributed by atoms with Gasteiger partial charge < -0.3 is 9.47 Å². The van der Waals surface area contributed by atoms with E-state index in [1.165, 1.54) is 50.3 Å². The molecule has 4 rings (SSSR count). The highest BCUT2D eigenvalue weighted by Gasteiger charge is 2.30. The third-order valence-corrected chi connectivity index (χ3v) is 7.45. The molecule has 1 saturated heterocycles. The summed E-state index contributed by atoms with van der Waals surface area (Å²) in [5.41, 5.74) is 1.37. The van der Waals surface area contributed by atoms with Crippen LogP contribution in [0, 0.1) is 5.82 Å². The molecule has 7 nitrogen and oxygen atoms in total. The second-order valence-corrected chi connectivity index (χ2v) is 9.76. The number of sulfonamides is 1. The molecule has 0 radical (unpaired) electrons. The van der Waals surface area contributed by atoms with Crippen LogP contribution in [-0.4, -0.2) is 41.3 Å². The summed E-state index contributed by atoms with van der Waals surface area (Å²) in [4.78, 5) is 19.4. The highest BCUT2D eigenvalue weighted by atomic mass is 32.2. The molecule has 9 heteroatoms. The van der Waals surface area contributed by atoms with Gasteiger partial charge in [-0.3, -0.25) is 9.78 Å². The van der Waals surface area contributed by atoms with Gasteiger partial charge in [0.25, 0.3) is 5.91 Å². The highest BCUT2D eigenvalue weighted by molar-refractivity contribution is 7.89. The number of piperidine rings is 1. The molecule has 0 N–H and O–H groups in total. The first-order valence-corrected chi connectivity index (χ1v) is 11.9. The maximum Gasteiger partial charge on any atom is 0.275 e. The Morgan fingerprint density at radius 1 is 1.09 bits per heavy atom. The third kappa shape index (κ3) is 4.58. The number of anilines is 1. The van der Waals surface area contributed by atoms with Gasteiger partial charge in [0, 0.05) is 38.2 Å². The van der Waals surface area contributed by atoms with Crippen LogP contribution in [0.3, 0.4) is 0 Å². The summed E-state index contributed by atoms with van der Waals surface area (Å²) in [6.07, 6.45) is 5.79. The van der Waals surface area contributed by atoms with Crippen LogP contribution < -0.4 is 4.90 Å². The minimum atomic E-state index is -3.67. The molecule has 0 saturated carbocycles. The second kappa shape index (κ2) is 9.22. The van der Waals surface area contributed by atoms with Gasteiger partial charge in [-0.05, 0) is 55.3 Å². The lowest BCUT2D eigenvalue weighted by atomic mass is 10.2.